The number of benzene rings is 1. The molecule has 118 valence electrons. The Kier molecular flexibility index (Phi) is 5.48. The van der Waals surface area contributed by atoms with Crippen LogP contribution in [0.2, 0.25) is 0 Å². The van der Waals surface area contributed by atoms with E-state index in [4.69, 9.17) is 15.2 Å². The van der Waals surface area contributed by atoms with Crippen LogP contribution < -0.4 is 15.2 Å². The van der Waals surface area contributed by atoms with Crippen molar-refractivity contribution < 1.29 is 9.47 Å². The molecule has 0 aromatic heterocycles. The minimum Gasteiger partial charge on any atom is -0.497 e. The van der Waals surface area contributed by atoms with E-state index in [1.165, 1.54) is 18.4 Å². The molecular weight excluding hydrogens is 264 g/mol. The van der Waals surface area contributed by atoms with Crippen LogP contribution in [-0.2, 0) is 0 Å². The molecule has 0 saturated carbocycles. The molecule has 1 aromatic rings. The van der Waals surface area contributed by atoms with Gasteiger partial charge < -0.3 is 15.2 Å². The highest BCUT2D eigenvalue weighted by Gasteiger charge is 2.31. The first-order valence-corrected chi connectivity index (χ1v) is 7.81. The lowest BCUT2D eigenvalue weighted by molar-refractivity contribution is 0.143. The van der Waals surface area contributed by atoms with Crippen molar-refractivity contribution in [3.8, 4) is 11.5 Å². The van der Waals surface area contributed by atoms with Gasteiger partial charge in [-0.15, -0.1) is 0 Å². The lowest BCUT2D eigenvalue weighted by atomic mass is 9.95. The van der Waals surface area contributed by atoms with Crippen molar-refractivity contribution >= 4 is 0 Å². The lowest BCUT2D eigenvalue weighted by Crippen LogP contribution is -2.43. The zero-order chi connectivity index (χ0) is 15.4. The van der Waals surface area contributed by atoms with Gasteiger partial charge in [0.25, 0.3) is 0 Å². The molecule has 0 radical (unpaired) electrons. The van der Waals surface area contributed by atoms with E-state index in [9.17, 15) is 0 Å². The molecule has 1 saturated heterocycles. The minimum absolute atomic E-state index is 0.145. The second kappa shape index (κ2) is 7.14. The van der Waals surface area contributed by atoms with Crippen LogP contribution >= 0.6 is 0 Å². The third-order valence-electron chi connectivity index (χ3n) is 4.35. The van der Waals surface area contributed by atoms with Gasteiger partial charge in [-0.05, 0) is 50.9 Å². The molecule has 2 N–H and O–H groups in total. The first kappa shape index (κ1) is 16.1. The molecule has 1 heterocycles. The summed E-state index contributed by atoms with van der Waals surface area (Å²) in [6.45, 7) is 5.57. The Labute approximate surface area is 128 Å². The molecular formula is C17H28N2O2. The normalized spacial score (nSPS) is 23.9. The number of ether oxygens (including phenoxy) is 2. The fourth-order valence-electron chi connectivity index (χ4n) is 3.24. The molecule has 1 aliphatic heterocycles. The number of hydrogen-bond donors (Lipinski definition) is 1. The Morgan fingerprint density at radius 3 is 2.24 bits per heavy atom. The van der Waals surface area contributed by atoms with Gasteiger partial charge in [-0.1, -0.05) is 6.42 Å². The van der Waals surface area contributed by atoms with Crippen LogP contribution in [0.5, 0.6) is 11.5 Å². The second-order valence-electron chi connectivity index (χ2n) is 6.08. The molecule has 21 heavy (non-hydrogen) atoms. The highest BCUT2D eigenvalue weighted by molar-refractivity contribution is 5.40. The number of hydrogen-bond acceptors (Lipinski definition) is 4. The summed E-state index contributed by atoms with van der Waals surface area (Å²) in [5.74, 6) is 1.65. The average molecular weight is 292 g/mol. The summed E-state index contributed by atoms with van der Waals surface area (Å²) in [7, 11) is 3.37. The molecule has 4 nitrogen and oxygen atoms in total. The van der Waals surface area contributed by atoms with Crippen LogP contribution in [0.1, 0.15) is 44.7 Å². The lowest BCUT2D eigenvalue weighted by Gasteiger charge is -2.37. The van der Waals surface area contributed by atoms with Crippen molar-refractivity contribution in [3.05, 3.63) is 23.8 Å². The summed E-state index contributed by atoms with van der Waals surface area (Å²) < 4.78 is 10.8. The Morgan fingerprint density at radius 1 is 1.10 bits per heavy atom. The van der Waals surface area contributed by atoms with Crippen molar-refractivity contribution in [2.45, 2.75) is 51.2 Å². The van der Waals surface area contributed by atoms with E-state index in [-0.39, 0.29) is 12.1 Å². The molecule has 1 aromatic carbocycles. The van der Waals surface area contributed by atoms with Crippen LogP contribution in [0.3, 0.4) is 0 Å². The number of methoxy groups -OCH3 is 2. The Morgan fingerprint density at radius 2 is 1.71 bits per heavy atom. The van der Waals surface area contributed by atoms with Gasteiger partial charge in [0, 0.05) is 18.2 Å². The molecule has 0 bridgehead atoms. The van der Waals surface area contributed by atoms with Crippen LogP contribution in [0.15, 0.2) is 18.2 Å². The summed E-state index contributed by atoms with van der Waals surface area (Å²) in [6, 6.07) is 6.92. The number of rotatable bonds is 4. The summed E-state index contributed by atoms with van der Waals surface area (Å²) in [5.41, 5.74) is 7.69. The predicted molar refractivity (Wildman–Crippen MR) is 86.0 cm³/mol. The SMILES string of the molecule is COc1cc(OC)cc(C2C(N)CCCCN2C(C)C)c1. The number of likely N-dealkylation sites (tertiary alicyclic amines) is 1. The molecule has 1 fully saturated rings. The zero-order valence-electron chi connectivity index (χ0n) is 13.6. The van der Waals surface area contributed by atoms with Crippen LogP contribution in [0.4, 0.5) is 0 Å². The molecule has 0 aliphatic carbocycles. The van der Waals surface area contributed by atoms with Crippen LogP contribution in [0.25, 0.3) is 0 Å². The molecule has 0 amide bonds. The van der Waals surface area contributed by atoms with Gasteiger partial charge in [-0.3, -0.25) is 4.90 Å². The highest BCUT2D eigenvalue weighted by atomic mass is 16.5. The van der Waals surface area contributed by atoms with E-state index in [2.05, 4.69) is 30.9 Å². The first-order valence-electron chi connectivity index (χ1n) is 7.81. The first-order chi connectivity index (χ1) is 10.1. The van der Waals surface area contributed by atoms with E-state index in [1.54, 1.807) is 14.2 Å². The quantitative estimate of drug-likeness (QED) is 0.927. The molecule has 2 atom stereocenters. The van der Waals surface area contributed by atoms with Gasteiger partial charge in [0.2, 0.25) is 0 Å². The minimum atomic E-state index is 0.145. The zero-order valence-corrected chi connectivity index (χ0v) is 13.6. The maximum absolute atomic E-state index is 6.50. The van der Waals surface area contributed by atoms with Gasteiger partial charge in [0.05, 0.1) is 20.3 Å². The molecule has 0 spiro atoms. The summed E-state index contributed by atoms with van der Waals surface area (Å²) in [5, 5.41) is 0. The summed E-state index contributed by atoms with van der Waals surface area (Å²) in [4.78, 5) is 2.51. The van der Waals surface area contributed by atoms with Gasteiger partial charge in [0.1, 0.15) is 11.5 Å². The van der Waals surface area contributed by atoms with Crippen molar-refractivity contribution in [3.63, 3.8) is 0 Å². The Bertz CT molecular complexity index is 440. The molecule has 4 heteroatoms. The molecule has 1 aliphatic rings. The average Bonchev–Trinajstić information content (AvgIpc) is 2.68. The Balaban J connectivity index is 2.43. The van der Waals surface area contributed by atoms with Crippen LogP contribution in [0, 0.1) is 0 Å². The highest BCUT2D eigenvalue weighted by Crippen LogP contribution is 2.35. The number of nitrogens with two attached hydrogens (primary N) is 1. The summed E-state index contributed by atoms with van der Waals surface area (Å²) >= 11 is 0. The van der Waals surface area contributed by atoms with E-state index in [0.29, 0.717) is 6.04 Å². The smallest absolute Gasteiger partial charge is 0.122 e. The molecule has 2 rings (SSSR count). The fourth-order valence-corrected chi connectivity index (χ4v) is 3.24. The van der Waals surface area contributed by atoms with Gasteiger partial charge in [-0.2, -0.15) is 0 Å². The van der Waals surface area contributed by atoms with Crippen molar-refractivity contribution in [2.75, 3.05) is 20.8 Å². The third kappa shape index (κ3) is 3.69. The van der Waals surface area contributed by atoms with E-state index in [1.807, 2.05) is 6.07 Å². The fraction of sp³-hybridized carbons (Fsp3) is 0.647. The van der Waals surface area contributed by atoms with Gasteiger partial charge in [0.15, 0.2) is 0 Å². The van der Waals surface area contributed by atoms with E-state index >= 15 is 0 Å². The second-order valence-corrected chi connectivity index (χ2v) is 6.08. The maximum Gasteiger partial charge on any atom is 0.122 e. The molecule has 2 unspecified atom stereocenters. The van der Waals surface area contributed by atoms with Gasteiger partial charge in [-0.25, -0.2) is 0 Å². The van der Waals surface area contributed by atoms with E-state index < -0.39 is 0 Å². The van der Waals surface area contributed by atoms with Crippen molar-refractivity contribution in [2.24, 2.45) is 5.73 Å². The van der Waals surface area contributed by atoms with Gasteiger partial charge >= 0.3 is 0 Å². The Hall–Kier alpha value is -1.26. The largest absolute Gasteiger partial charge is 0.497 e. The maximum atomic E-state index is 6.50. The summed E-state index contributed by atoms with van der Waals surface area (Å²) in [6.07, 6.45) is 3.47. The monoisotopic (exact) mass is 292 g/mol. The van der Waals surface area contributed by atoms with Crippen molar-refractivity contribution in [1.82, 2.24) is 4.90 Å². The third-order valence-corrected chi connectivity index (χ3v) is 4.35. The topological polar surface area (TPSA) is 47.7 Å². The van der Waals surface area contributed by atoms with Crippen molar-refractivity contribution in [1.29, 1.82) is 0 Å². The van der Waals surface area contributed by atoms with E-state index in [0.717, 1.165) is 24.5 Å². The standard InChI is InChI=1S/C17H28N2O2/c1-12(2)19-8-6-5-7-16(18)17(19)13-9-14(20-3)11-15(10-13)21-4/h9-12,16-17H,5-8,18H2,1-4H3. The predicted octanol–water partition coefficient (Wildman–Crippen LogP) is 2.97. The number of nitrogens with zero attached hydrogens (tertiary/aromatic N) is 1. The van der Waals surface area contributed by atoms with Crippen LogP contribution in [-0.4, -0.2) is 37.7 Å².